The summed E-state index contributed by atoms with van der Waals surface area (Å²) < 4.78 is 25.1. The van der Waals surface area contributed by atoms with Crippen LogP contribution in [0, 0.1) is 5.92 Å². The molecule has 0 N–H and O–H groups in total. The molecule has 0 radical (unpaired) electrons. The first-order chi connectivity index (χ1) is 13.8. The van der Waals surface area contributed by atoms with Crippen LogP contribution in [0.3, 0.4) is 0 Å². The number of nitrogens with zero attached hydrogens (tertiary/aromatic N) is 2. The highest BCUT2D eigenvalue weighted by molar-refractivity contribution is 7.90. The van der Waals surface area contributed by atoms with Gasteiger partial charge in [-0.05, 0) is 30.0 Å². The number of carbonyl (C=O) groups is 2. The summed E-state index contributed by atoms with van der Waals surface area (Å²) in [6.45, 7) is 0. The molecule has 3 rings (SSSR count). The molecule has 0 spiro atoms. The number of ketones is 2. The minimum atomic E-state index is -3.28. The van der Waals surface area contributed by atoms with Gasteiger partial charge in [-0.1, -0.05) is 37.8 Å². The minimum Gasteiger partial charge on any atom is -0.332 e. The molecule has 1 unspecified atom stereocenters. The third-order valence-corrected chi connectivity index (χ3v) is 6.94. The van der Waals surface area contributed by atoms with Gasteiger partial charge in [-0.2, -0.15) is 0 Å². The summed E-state index contributed by atoms with van der Waals surface area (Å²) in [4.78, 5) is 29.8. The highest BCUT2D eigenvalue weighted by atomic mass is 32.2. The monoisotopic (exact) mass is 416 g/mol. The Labute approximate surface area is 172 Å². The number of hydrogen-bond donors (Lipinski definition) is 0. The maximum atomic E-state index is 13.1. The highest BCUT2D eigenvalue weighted by Gasteiger charge is 2.27. The summed E-state index contributed by atoms with van der Waals surface area (Å²) in [5, 5.41) is 0. The lowest BCUT2D eigenvalue weighted by atomic mass is 9.83. The number of sulfone groups is 1. The Morgan fingerprint density at radius 2 is 1.79 bits per heavy atom. The van der Waals surface area contributed by atoms with Crippen LogP contribution in [0.4, 0.5) is 0 Å². The molecule has 1 fully saturated rings. The van der Waals surface area contributed by atoms with E-state index in [9.17, 15) is 18.0 Å². The molecule has 2 aromatic rings. The summed E-state index contributed by atoms with van der Waals surface area (Å²) in [7, 11) is -1.52. The first-order valence-electron chi connectivity index (χ1n) is 10.1. The van der Waals surface area contributed by atoms with Gasteiger partial charge in [0.15, 0.2) is 21.4 Å². The van der Waals surface area contributed by atoms with Crippen molar-refractivity contribution < 1.29 is 18.0 Å². The van der Waals surface area contributed by atoms with Gasteiger partial charge in [-0.3, -0.25) is 9.59 Å². The molecule has 156 valence electrons. The second kappa shape index (κ2) is 9.03. The van der Waals surface area contributed by atoms with Crippen molar-refractivity contribution in [3.05, 3.63) is 48.0 Å². The smallest absolute Gasteiger partial charge is 0.198 e. The van der Waals surface area contributed by atoms with E-state index in [0.717, 1.165) is 24.8 Å². The van der Waals surface area contributed by atoms with Crippen LogP contribution in [-0.4, -0.2) is 35.8 Å². The maximum absolute atomic E-state index is 13.1. The van der Waals surface area contributed by atoms with Gasteiger partial charge in [0.1, 0.15) is 5.78 Å². The van der Waals surface area contributed by atoms with E-state index in [2.05, 4.69) is 4.98 Å². The highest BCUT2D eigenvalue weighted by Crippen LogP contribution is 2.35. The minimum absolute atomic E-state index is 0.0339. The van der Waals surface area contributed by atoms with E-state index in [1.807, 2.05) is 0 Å². The molecule has 1 aliphatic carbocycles. The molecule has 29 heavy (non-hydrogen) atoms. The first kappa shape index (κ1) is 21.4. The van der Waals surface area contributed by atoms with Crippen LogP contribution in [0.1, 0.15) is 67.0 Å². The molecule has 0 saturated heterocycles. The summed E-state index contributed by atoms with van der Waals surface area (Å²) in [6, 6.07) is 6.63. The predicted molar refractivity (Wildman–Crippen MR) is 111 cm³/mol. The molecular weight excluding hydrogens is 388 g/mol. The largest absolute Gasteiger partial charge is 0.332 e. The van der Waals surface area contributed by atoms with Crippen LogP contribution >= 0.6 is 0 Å². The van der Waals surface area contributed by atoms with E-state index < -0.39 is 9.84 Å². The van der Waals surface area contributed by atoms with Crippen LogP contribution in [0.2, 0.25) is 0 Å². The van der Waals surface area contributed by atoms with Crippen molar-refractivity contribution in [3.63, 3.8) is 0 Å². The van der Waals surface area contributed by atoms with Crippen molar-refractivity contribution in [2.45, 2.75) is 55.8 Å². The predicted octanol–water partition coefficient (Wildman–Crippen LogP) is 3.72. The lowest BCUT2D eigenvalue weighted by molar-refractivity contribution is -0.120. The van der Waals surface area contributed by atoms with Crippen LogP contribution < -0.4 is 0 Å². The first-order valence-corrected chi connectivity index (χ1v) is 12.0. The molecule has 1 aliphatic rings. The fourth-order valence-electron chi connectivity index (χ4n) is 4.14. The third-order valence-electron chi connectivity index (χ3n) is 5.81. The van der Waals surface area contributed by atoms with E-state index in [-0.39, 0.29) is 35.2 Å². The average molecular weight is 417 g/mol. The van der Waals surface area contributed by atoms with Crippen molar-refractivity contribution in [2.24, 2.45) is 13.0 Å². The molecule has 1 atom stereocenters. The van der Waals surface area contributed by atoms with Crippen molar-refractivity contribution in [2.75, 3.05) is 6.26 Å². The third kappa shape index (κ3) is 5.41. The fraction of sp³-hybridized carbons (Fsp3) is 0.500. The quantitative estimate of drug-likeness (QED) is 0.582. The summed E-state index contributed by atoms with van der Waals surface area (Å²) in [6.07, 6.45) is 10.1. The van der Waals surface area contributed by atoms with Crippen LogP contribution in [0.5, 0.6) is 0 Å². The van der Waals surface area contributed by atoms with E-state index in [0.29, 0.717) is 11.7 Å². The number of carbonyl (C=O) groups excluding carboxylic acids is 2. The normalized spacial score (nSPS) is 16.1. The molecule has 1 aromatic carbocycles. The number of Topliss-reactive ketones (excluding diaryl/α,β-unsaturated/α-hetero) is 2. The Bertz CT molecular complexity index is 970. The van der Waals surface area contributed by atoms with Crippen LogP contribution in [0.15, 0.2) is 41.6 Å². The lowest BCUT2D eigenvalue weighted by Crippen LogP contribution is -2.18. The molecule has 7 heteroatoms. The molecule has 6 nitrogen and oxygen atoms in total. The summed E-state index contributed by atoms with van der Waals surface area (Å²) in [5.74, 6) is 0.455. The van der Waals surface area contributed by atoms with Crippen molar-refractivity contribution in [1.82, 2.24) is 9.55 Å². The zero-order valence-corrected chi connectivity index (χ0v) is 17.8. The fourth-order valence-corrected chi connectivity index (χ4v) is 4.77. The van der Waals surface area contributed by atoms with Gasteiger partial charge in [-0.25, -0.2) is 13.4 Å². The van der Waals surface area contributed by atoms with Gasteiger partial charge < -0.3 is 4.57 Å². The van der Waals surface area contributed by atoms with Crippen LogP contribution in [0.25, 0.3) is 0 Å². The zero-order valence-electron chi connectivity index (χ0n) is 17.0. The van der Waals surface area contributed by atoms with Crippen molar-refractivity contribution >= 4 is 21.4 Å². The Kier molecular flexibility index (Phi) is 6.67. The zero-order chi connectivity index (χ0) is 21.0. The Hall–Kier alpha value is -2.28. The standard InChI is InChI=1S/C22H28N2O4S/c1-24-14-13-23-22(24)21(26)12-11-20(25)19(15-16-5-3-4-6-16)17-7-9-18(10-8-17)29(2,27)28/h7-10,13-14,16,19H,3-6,11-12,15H2,1-2H3. The maximum Gasteiger partial charge on any atom is 0.198 e. The van der Waals surface area contributed by atoms with Gasteiger partial charge in [0.25, 0.3) is 0 Å². The molecule has 1 heterocycles. The number of aryl methyl sites for hydroxylation is 1. The number of rotatable bonds is 9. The molecular formula is C22H28N2O4S. The second-order valence-corrected chi connectivity index (χ2v) is 10.0. The SMILES string of the molecule is Cn1ccnc1C(=O)CCC(=O)C(CC1CCCC1)c1ccc(S(C)(=O)=O)cc1. The van der Waals surface area contributed by atoms with Gasteiger partial charge in [0.05, 0.1) is 4.90 Å². The van der Waals surface area contributed by atoms with Crippen molar-refractivity contribution in [1.29, 1.82) is 0 Å². The average Bonchev–Trinajstić information content (AvgIpc) is 3.35. The van der Waals surface area contributed by atoms with E-state index in [1.165, 1.54) is 19.1 Å². The molecule has 1 saturated carbocycles. The Morgan fingerprint density at radius 1 is 1.14 bits per heavy atom. The topological polar surface area (TPSA) is 86.1 Å². The number of imidazole rings is 1. The van der Waals surface area contributed by atoms with E-state index >= 15 is 0 Å². The summed E-state index contributed by atoms with van der Waals surface area (Å²) in [5.41, 5.74) is 0.832. The molecule has 0 bridgehead atoms. The molecule has 0 aliphatic heterocycles. The van der Waals surface area contributed by atoms with Crippen LogP contribution in [-0.2, 0) is 21.7 Å². The molecule has 0 amide bonds. The number of hydrogen-bond acceptors (Lipinski definition) is 5. The Balaban J connectivity index is 1.74. The lowest BCUT2D eigenvalue weighted by Gasteiger charge is -2.20. The second-order valence-electron chi connectivity index (χ2n) is 8.03. The van der Waals surface area contributed by atoms with Gasteiger partial charge >= 0.3 is 0 Å². The number of benzene rings is 1. The van der Waals surface area contributed by atoms with Gasteiger partial charge in [0.2, 0.25) is 0 Å². The summed E-state index contributed by atoms with van der Waals surface area (Å²) >= 11 is 0. The van der Waals surface area contributed by atoms with Gasteiger partial charge in [0, 0.05) is 44.5 Å². The van der Waals surface area contributed by atoms with E-state index in [4.69, 9.17) is 0 Å². The van der Waals surface area contributed by atoms with E-state index in [1.54, 1.807) is 48.3 Å². The van der Waals surface area contributed by atoms with Gasteiger partial charge in [-0.15, -0.1) is 0 Å². The molecule has 1 aromatic heterocycles. The number of aromatic nitrogens is 2. The van der Waals surface area contributed by atoms with Crippen molar-refractivity contribution in [3.8, 4) is 0 Å². The Morgan fingerprint density at radius 3 is 2.34 bits per heavy atom.